The van der Waals surface area contributed by atoms with Gasteiger partial charge in [0.1, 0.15) is 5.54 Å². The maximum Gasteiger partial charge on any atom is 0.248 e. The van der Waals surface area contributed by atoms with Gasteiger partial charge in [-0.1, -0.05) is 23.8 Å². The van der Waals surface area contributed by atoms with E-state index in [1.54, 1.807) is 6.07 Å². The van der Waals surface area contributed by atoms with Crippen LogP contribution in [-0.4, -0.2) is 11.2 Å². The highest BCUT2D eigenvalue weighted by molar-refractivity contribution is 5.72. The molecule has 2 unspecified atom stereocenters. The minimum Gasteiger partial charge on any atom is -0.326 e. The van der Waals surface area contributed by atoms with E-state index in [4.69, 9.17) is 4.99 Å². The molecule has 3 heteroatoms. The molecule has 22 heavy (non-hydrogen) atoms. The summed E-state index contributed by atoms with van der Waals surface area (Å²) in [5.74, 6) is 0.326. The summed E-state index contributed by atoms with van der Waals surface area (Å²) in [5.41, 5.74) is 4.49. The Morgan fingerprint density at radius 1 is 1.36 bits per heavy atom. The van der Waals surface area contributed by atoms with Crippen molar-refractivity contribution in [3.05, 3.63) is 69.2 Å². The minimum absolute atomic E-state index is 0.0333. The molecule has 0 amide bonds. The molecule has 1 N–H and O–H groups in total. The van der Waals surface area contributed by atoms with Crippen molar-refractivity contribution in [2.24, 2.45) is 10.9 Å². The van der Waals surface area contributed by atoms with E-state index in [0.29, 0.717) is 5.92 Å². The highest BCUT2D eigenvalue weighted by atomic mass is 16.1. The van der Waals surface area contributed by atoms with Crippen molar-refractivity contribution >= 4 is 6.21 Å². The highest BCUT2D eigenvalue weighted by Crippen LogP contribution is 2.51. The molecule has 2 aliphatic rings. The van der Waals surface area contributed by atoms with Gasteiger partial charge in [0.2, 0.25) is 5.56 Å². The van der Waals surface area contributed by atoms with E-state index in [1.165, 1.54) is 11.1 Å². The van der Waals surface area contributed by atoms with Crippen LogP contribution in [0.5, 0.6) is 0 Å². The number of aromatic nitrogens is 1. The van der Waals surface area contributed by atoms with Crippen LogP contribution < -0.4 is 5.56 Å². The second kappa shape index (κ2) is 5.56. The predicted octanol–water partition coefficient (Wildman–Crippen LogP) is 3.69. The van der Waals surface area contributed by atoms with Crippen LogP contribution in [0, 0.1) is 5.92 Å². The molecule has 2 bridgehead atoms. The first-order valence-corrected chi connectivity index (χ1v) is 7.84. The lowest BCUT2D eigenvalue weighted by atomic mass is 9.63. The molecule has 2 atom stereocenters. The molecule has 114 valence electrons. The number of hydrogen-bond donors (Lipinski definition) is 1. The van der Waals surface area contributed by atoms with Crippen LogP contribution in [0.3, 0.4) is 0 Å². The predicted molar refractivity (Wildman–Crippen MR) is 91.4 cm³/mol. The summed E-state index contributed by atoms with van der Waals surface area (Å²) in [6.07, 6.45) is 12.1. The molecule has 0 aliphatic heterocycles. The second-order valence-corrected chi connectivity index (χ2v) is 6.12. The molecular weight excluding hydrogens is 272 g/mol. The van der Waals surface area contributed by atoms with Gasteiger partial charge in [-0.2, -0.15) is 0 Å². The van der Waals surface area contributed by atoms with Gasteiger partial charge in [-0.25, -0.2) is 0 Å². The molecule has 1 aromatic heterocycles. The number of aliphatic imine (C=N–C) groups is 1. The van der Waals surface area contributed by atoms with Gasteiger partial charge in [-0.05, 0) is 44.9 Å². The molecule has 0 saturated heterocycles. The van der Waals surface area contributed by atoms with Gasteiger partial charge in [-0.3, -0.25) is 9.79 Å². The number of pyridine rings is 1. The number of nitrogens with one attached hydrogen (secondary N) is 1. The molecule has 3 nitrogen and oxygen atoms in total. The zero-order valence-corrected chi connectivity index (χ0v) is 13.4. The van der Waals surface area contributed by atoms with Crippen molar-refractivity contribution < 1.29 is 0 Å². The summed E-state index contributed by atoms with van der Waals surface area (Å²) in [7, 11) is 0. The number of hydrogen-bond acceptors (Lipinski definition) is 2. The number of rotatable bonds is 2. The van der Waals surface area contributed by atoms with E-state index in [2.05, 4.69) is 31.0 Å². The van der Waals surface area contributed by atoms with Gasteiger partial charge in [0.25, 0.3) is 0 Å². The summed E-state index contributed by atoms with van der Waals surface area (Å²) in [4.78, 5) is 19.7. The quantitative estimate of drug-likeness (QED) is 0.656. The third kappa shape index (κ3) is 2.21. The maximum absolute atomic E-state index is 11.7. The fraction of sp³-hybridized carbons (Fsp3) is 0.368. The van der Waals surface area contributed by atoms with Crippen molar-refractivity contribution in [2.75, 3.05) is 0 Å². The Morgan fingerprint density at radius 2 is 2.18 bits per heavy atom. The Balaban J connectivity index is 2.28. The molecule has 0 radical (unpaired) electrons. The van der Waals surface area contributed by atoms with Gasteiger partial charge in [-0.15, -0.1) is 0 Å². The molecule has 1 aromatic rings. The van der Waals surface area contributed by atoms with Crippen LogP contribution in [0.1, 0.15) is 38.4 Å². The van der Waals surface area contributed by atoms with Crippen molar-refractivity contribution in [1.82, 2.24) is 4.98 Å². The Kier molecular flexibility index (Phi) is 3.73. The number of H-pyrrole nitrogens is 1. The Bertz CT molecular complexity index is 764. The first-order valence-electron chi connectivity index (χ1n) is 7.84. The number of allylic oxidation sites excluding steroid dienone is 4. The maximum atomic E-state index is 11.7. The van der Waals surface area contributed by atoms with Crippen LogP contribution in [0.4, 0.5) is 0 Å². The molecular formula is C19H22N2O. The number of aromatic amines is 1. The first kappa shape index (κ1) is 14.8. The summed E-state index contributed by atoms with van der Waals surface area (Å²) < 4.78 is 0. The zero-order valence-electron chi connectivity index (χ0n) is 13.4. The van der Waals surface area contributed by atoms with E-state index in [-0.39, 0.29) is 11.1 Å². The standard InChI is InChI=1S/C19H22N2O/c1-4-6-9-20-19-12-13(3)10-14(15(19)5-2)11-17-16(19)7-8-18(22)21-17/h4-10,14H,11-12H2,1-3H3,(H,21,22)/b6-4+,15-5+,20-9?. The van der Waals surface area contributed by atoms with Crippen molar-refractivity contribution in [2.45, 2.75) is 39.2 Å². The van der Waals surface area contributed by atoms with Gasteiger partial charge >= 0.3 is 0 Å². The van der Waals surface area contributed by atoms with E-state index >= 15 is 0 Å². The van der Waals surface area contributed by atoms with Crippen molar-refractivity contribution in [3.8, 4) is 0 Å². The second-order valence-electron chi connectivity index (χ2n) is 6.12. The minimum atomic E-state index is -0.366. The third-order valence-corrected chi connectivity index (χ3v) is 4.65. The summed E-state index contributed by atoms with van der Waals surface area (Å²) in [5, 5.41) is 0. The summed E-state index contributed by atoms with van der Waals surface area (Å²) in [6, 6.07) is 3.58. The first-order chi connectivity index (χ1) is 10.6. The molecule has 0 saturated carbocycles. The number of fused-ring (bicyclic) bond motifs is 4. The van der Waals surface area contributed by atoms with Gasteiger partial charge in [0.05, 0.1) is 0 Å². The topological polar surface area (TPSA) is 45.2 Å². The van der Waals surface area contributed by atoms with Crippen LogP contribution in [0.2, 0.25) is 0 Å². The van der Waals surface area contributed by atoms with Crippen molar-refractivity contribution in [3.63, 3.8) is 0 Å². The molecule has 0 aromatic carbocycles. The van der Waals surface area contributed by atoms with Gasteiger partial charge in [0, 0.05) is 35.9 Å². The van der Waals surface area contributed by atoms with E-state index < -0.39 is 0 Å². The molecule has 2 aliphatic carbocycles. The van der Waals surface area contributed by atoms with E-state index in [0.717, 1.165) is 24.1 Å². The summed E-state index contributed by atoms with van der Waals surface area (Å²) >= 11 is 0. The monoisotopic (exact) mass is 294 g/mol. The fourth-order valence-corrected chi connectivity index (χ4v) is 3.91. The Labute approximate surface area is 131 Å². The average molecular weight is 294 g/mol. The lowest BCUT2D eigenvalue weighted by Gasteiger charge is -2.45. The smallest absolute Gasteiger partial charge is 0.248 e. The SMILES string of the molecule is C/C=C/C=NC12CC(C)=CC(Cc3[nH]c(=O)ccc31)/C2=C\C. The summed E-state index contributed by atoms with van der Waals surface area (Å²) in [6.45, 7) is 6.25. The Morgan fingerprint density at radius 3 is 2.91 bits per heavy atom. The average Bonchev–Trinajstić information content (AvgIpc) is 2.46. The molecule has 3 rings (SSSR count). The van der Waals surface area contributed by atoms with Crippen molar-refractivity contribution in [1.29, 1.82) is 0 Å². The lowest BCUT2D eigenvalue weighted by molar-refractivity contribution is 0.413. The Hall–Kier alpha value is -2.16. The van der Waals surface area contributed by atoms with E-state index in [1.807, 2.05) is 31.4 Å². The lowest BCUT2D eigenvalue weighted by Crippen LogP contribution is -2.40. The third-order valence-electron chi connectivity index (χ3n) is 4.65. The number of nitrogens with zero attached hydrogens (tertiary/aromatic N) is 1. The fourth-order valence-electron chi connectivity index (χ4n) is 3.91. The van der Waals surface area contributed by atoms with Gasteiger partial charge < -0.3 is 4.98 Å². The normalized spacial score (nSPS) is 29.1. The van der Waals surface area contributed by atoms with Crippen LogP contribution in [0.25, 0.3) is 0 Å². The van der Waals surface area contributed by atoms with Crippen LogP contribution >= 0.6 is 0 Å². The molecule has 1 heterocycles. The molecule has 0 fully saturated rings. The van der Waals surface area contributed by atoms with E-state index in [9.17, 15) is 4.79 Å². The van der Waals surface area contributed by atoms with Crippen LogP contribution in [0.15, 0.2) is 57.4 Å². The largest absolute Gasteiger partial charge is 0.326 e. The molecule has 0 spiro atoms. The van der Waals surface area contributed by atoms with Gasteiger partial charge in [0.15, 0.2) is 0 Å². The highest BCUT2D eigenvalue weighted by Gasteiger charge is 2.46. The van der Waals surface area contributed by atoms with Crippen LogP contribution in [-0.2, 0) is 12.0 Å². The zero-order chi connectivity index (χ0) is 15.7.